The number of anilines is 1. The van der Waals surface area contributed by atoms with Gasteiger partial charge in [0.15, 0.2) is 0 Å². The Labute approximate surface area is 191 Å². The summed E-state index contributed by atoms with van der Waals surface area (Å²) in [6.07, 6.45) is 0.698. The fourth-order valence-corrected chi connectivity index (χ4v) is 5.08. The van der Waals surface area contributed by atoms with Crippen LogP contribution in [0.3, 0.4) is 0 Å². The fourth-order valence-electron chi connectivity index (χ4n) is 3.60. The van der Waals surface area contributed by atoms with E-state index in [4.69, 9.17) is 0 Å². The SMILES string of the molecule is CC[C@H](NC(=O)CN(c1cc(C)ccc1C)S(=O)(=O)c1ccc(C)cc1)c1ccccc1. The van der Waals surface area contributed by atoms with E-state index in [9.17, 15) is 13.2 Å². The van der Waals surface area contributed by atoms with Gasteiger partial charge in [-0.3, -0.25) is 9.10 Å². The van der Waals surface area contributed by atoms with Crippen molar-refractivity contribution in [2.75, 3.05) is 10.8 Å². The van der Waals surface area contributed by atoms with Crippen LogP contribution in [0.2, 0.25) is 0 Å². The largest absolute Gasteiger partial charge is 0.348 e. The summed E-state index contributed by atoms with van der Waals surface area (Å²) in [5.41, 5.74) is 4.17. The Bertz CT molecular complexity index is 1170. The van der Waals surface area contributed by atoms with Gasteiger partial charge in [0.2, 0.25) is 5.91 Å². The van der Waals surface area contributed by atoms with Gasteiger partial charge in [-0.1, -0.05) is 67.1 Å². The first-order chi connectivity index (χ1) is 15.2. The molecule has 6 heteroatoms. The number of amides is 1. The van der Waals surface area contributed by atoms with E-state index in [1.807, 2.05) is 76.2 Å². The van der Waals surface area contributed by atoms with Crippen LogP contribution in [0.5, 0.6) is 0 Å². The van der Waals surface area contributed by atoms with Crippen LogP contribution in [0.25, 0.3) is 0 Å². The summed E-state index contributed by atoms with van der Waals surface area (Å²) in [6.45, 7) is 7.35. The molecule has 0 aliphatic heterocycles. The van der Waals surface area contributed by atoms with Crippen molar-refractivity contribution >= 4 is 21.6 Å². The molecule has 0 saturated heterocycles. The van der Waals surface area contributed by atoms with Crippen molar-refractivity contribution in [3.8, 4) is 0 Å². The Balaban J connectivity index is 1.96. The van der Waals surface area contributed by atoms with E-state index >= 15 is 0 Å². The standard InChI is InChI=1S/C26H30N2O3S/c1-5-24(22-9-7-6-8-10-22)27-26(29)18-28(25-17-20(3)11-14-21(25)4)32(30,31)23-15-12-19(2)13-16-23/h6-17,24H,5,18H2,1-4H3,(H,27,29)/t24-/m0/s1. The molecule has 1 N–H and O–H groups in total. The van der Waals surface area contributed by atoms with Gasteiger partial charge in [0.05, 0.1) is 16.6 Å². The van der Waals surface area contributed by atoms with Gasteiger partial charge in [-0.15, -0.1) is 0 Å². The zero-order valence-electron chi connectivity index (χ0n) is 19.0. The number of nitrogens with zero attached hydrogens (tertiary/aromatic N) is 1. The molecule has 0 radical (unpaired) electrons. The Morgan fingerprint density at radius 2 is 1.53 bits per heavy atom. The third-order valence-corrected chi connectivity index (χ3v) is 7.25. The van der Waals surface area contributed by atoms with Gasteiger partial charge in [-0.25, -0.2) is 8.42 Å². The molecule has 3 rings (SSSR count). The van der Waals surface area contributed by atoms with E-state index in [1.165, 1.54) is 4.31 Å². The van der Waals surface area contributed by atoms with Crippen LogP contribution < -0.4 is 9.62 Å². The molecular weight excluding hydrogens is 420 g/mol. The van der Waals surface area contributed by atoms with Crippen molar-refractivity contribution in [2.45, 2.75) is 45.1 Å². The minimum atomic E-state index is -3.94. The second kappa shape index (κ2) is 10.0. The fraction of sp³-hybridized carbons (Fsp3) is 0.269. The molecule has 1 atom stereocenters. The molecule has 0 aliphatic carbocycles. The lowest BCUT2D eigenvalue weighted by molar-refractivity contribution is -0.120. The van der Waals surface area contributed by atoms with Crippen LogP contribution in [0.1, 0.15) is 41.6 Å². The molecule has 0 heterocycles. The summed E-state index contributed by atoms with van der Waals surface area (Å²) in [7, 11) is -3.94. The van der Waals surface area contributed by atoms with E-state index in [0.717, 1.165) is 22.3 Å². The van der Waals surface area contributed by atoms with Crippen molar-refractivity contribution in [1.82, 2.24) is 5.32 Å². The lowest BCUT2D eigenvalue weighted by Gasteiger charge is -2.27. The Morgan fingerprint density at radius 3 is 2.16 bits per heavy atom. The first-order valence-corrected chi connectivity index (χ1v) is 12.2. The van der Waals surface area contributed by atoms with Gasteiger partial charge in [0, 0.05) is 0 Å². The molecule has 0 saturated carbocycles. The monoisotopic (exact) mass is 450 g/mol. The maximum absolute atomic E-state index is 13.6. The number of carbonyl (C=O) groups is 1. The number of aryl methyl sites for hydroxylation is 3. The number of hydrogen-bond acceptors (Lipinski definition) is 3. The van der Waals surface area contributed by atoms with Crippen molar-refractivity contribution in [3.05, 3.63) is 95.1 Å². The highest BCUT2D eigenvalue weighted by Crippen LogP contribution is 2.28. The smallest absolute Gasteiger partial charge is 0.264 e. The van der Waals surface area contributed by atoms with E-state index in [2.05, 4.69) is 5.32 Å². The third kappa shape index (κ3) is 5.37. The van der Waals surface area contributed by atoms with Crippen LogP contribution >= 0.6 is 0 Å². The number of nitrogens with one attached hydrogen (secondary N) is 1. The topological polar surface area (TPSA) is 66.5 Å². The lowest BCUT2D eigenvalue weighted by Crippen LogP contribution is -2.42. The average molecular weight is 451 g/mol. The molecule has 5 nitrogen and oxygen atoms in total. The molecule has 0 spiro atoms. The summed E-state index contributed by atoms with van der Waals surface area (Å²) in [5.74, 6) is -0.350. The normalized spacial score (nSPS) is 12.2. The second-order valence-electron chi connectivity index (χ2n) is 8.05. The number of carbonyl (C=O) groups excluding carboxylic acids is 1. The minimum absolute atomic E-state index is 0.159. The highest BCUT2D eigenvalue weighted by molar-refractivity contribution is 7.92. The molecule has 168 valence electrons. The molecule has 0 bridgehead atoms. The van der Waals surface area contributed by atoms with Gasteiger partial charge in [0.1, 0.15) is 6.54 Å². The highest BCUT2D eigenvalue weighted by atomic mass is 32.2. The number of sulfonamides is 1. The molecule has 0 unspecified atom stereocenters. The average Bonchev–Trinajstić information content (AvgIpc) is 2.78. The first-order valence-electron chi connectivity index (χ1n) is 10.7. The predicted molar refractivity (Wildman–Crippen MR) is 129 cm³/mol. The van der Waals surface area contributed by atoms with E-state index < -0.39 is 10.0 Å². The third-order valence-electron chi connectivity index (χ3n) is 5.47. The zero-order valence-corrected chi connectivity index (χ0v) is 19.8. The van der Waals surface area contributed by atoms with Crippen molar-refractivity contribution in [2.24, 2.45) is 0 Å². The van der Waals surface area contributed by atoms with Gasteiger partial charge in [-0.2, -0.15) is 0 Å². The summed E-state index contributed by atoms with van der Waals surface area (Å²) >= 11 is 0. The van der Waals surface area contributed by atoms with Crippen LogP contribution in [-0.2, 0) is 14.8 Å². The molecule has 3 aromatic rings. The summed E-state index contributed by atoms with van der Waals surface area (Å²) < 4.78 is 28.4. The predicted octanol–water partition coefficient (Wildman–Crippen LogP) is 5.07. The Morgan fingerprint density at radius 1 is 0.906 bits per heavy atom. The molecule has 1 amide bonds. The minimum Gasteiger partial charge on any atom is -0.348 e. The highest BCUT2D eigenvalue weighted by Gasteiger charge is 2.29. The molecule has 0 aliphatic rings. The Kier molecular flexibility index (Phi) is 7.36. The number of benzene rings is 3. The quantitative estimate of drug-likeness (QED) is 0.521. The van der Waals surface area contributed by atoms with Crippen molar-refractivity contribution in [3.63, 3.8) is 0 Å². The van der Waals surface area contributed by atoms with E-state index in [-0.39, 0.29) is 23.4 Å². The molecule has 32 heavy (non-hydrogen) atoms. The van der Waals surface area contributed by atoms with E-state index in [0.29, 0.717) is 12.1 Å². The van der Waals surface area contributed by atoms with Gasteiger partial charge < -0.3 is 5.32 Å². The first kappa shape index (κ1) is 23.5. The zero-order chi connectivity index (χ0) is 23.3. The van der Waals surface area contributed by atoms with Crippen LogP contribution in [0, 0.1) is 20.8 Å². The lowest BCUT2D eigenvalue weighted by atomic mass is 10.0. The molecule has 0 fully saturated rings. The van der Waals surface area contributed by atoms with Crippen LogP contribution in [0.4, 0.5) is 5.69 Å². The number of hydrogen-bond donors (Lipinski definition) is 1. The van der Waals surface area contributed by atoms with E-state index in [1.54, 1.807) is 24.3 Å². The second-order valence-corrected chi connectivity index (χ2v) is 9.92. The maximum atomic E-state index is 13.6. The molecular formula is C26H30N2O3S. The summed E-state index contributed by atoms with van der Waals surface area (Å²) in [5, 5.41) is 3.00. The Hall–Kier alpha value is -3.12. The summed E-state index contributed by atoms with van der Waals surface area (Å²) in [6, 6.07) is 21.8. The molecule has 3 aromatic carbocycles. The maximum Gasteiger partial charge on any atom is 0.264 e. The van der Waals surface area contributed by atoms with Gasteiger partial charge >= 0.3 is 0 Å². The van der Waals surface area contributed by atoms with Crippen molar-refractivity contribution in [1.29, 1.82) is 0 Å². The van der Waals surface area contributed by atoms with Gasteiger partial charge in [-0.05, 0) is 62.1 Å². The molecule has 0 aromatic heterocycles. The van der Waals surface area contributed by atoms with Crippen LogP contribution in [0.15, 0.2) is 77.7 Å². The van der Waals surface area contributed by atoms with Crippen LogP contribution in [-0.4, -0.2) is 20.9 Å². The number of rotatable bonds is 8. The van der Waals surface area contributed by atoms with Crippen molar-refractivity contribution < 1.29 is 13.2 Å². The summed E-state index contributed by atoms with van der Waals surface area (Å²) in [4.78, 5) is 13.2. The van der Waals surface area contributed by atoms with Gasteiger partial charge in [0.25, 0.3) is 10.0 Å².